The highest BCUT2D eigenvalue weighted by molar-refractivity contribution is 5.95. The van der Waals surface area contributed by atoms with E-state index in [1.54, 1.807) is 7.05 Å². The van der Waals surface area contributed by atoms with Crippen LogP contribution in [0.15, 0.2) is 42.5 Å². The van der Waals surface area contributed by atoms with E-state index in [2.05, 4.69) is 35.3 Å². The summed E-state index contributed by atoms with van der Waals surface area (Å²) in [5.74, 6) is 0.0455. The van der Waals surface area contributed by atoms with E-state index < -0.39 is 0 Å². The maximum absolute atomic E-state index is 12.2. The normalized spacial score (nSPS) is 16.6. The molecule has 1 saturated heterocycles. The molecule has 0 spiro atoms. The fraction of sp³-hybridized carbons (Fsp3) is 0.458. The summed E-state index contributed by atoms with van der Waals surface area (Å²) < 4.78 is 0. The fourth-order valence-corrected chi connectivity index (χ4v) is 4.19. The molecule has 0 saturated carbocycles. The first kappa shape index (κ1) is 20.2. The predicted molar refractivity (Wildman–Crippen MR) is 118 cm³/mol. The SMILES string of the molecule is CNC(=O)c1ccccc1C(C)c1ccc(N2CCCCCCCC2)c(N)c1. The van der Waals surface area contributed by atoms with E-state index in [9.17, 15) is 4.79 Å². The average Bonchev–Trinajstić information content (AvgIpc) is 2.86. The van der Waals surface area contributed by atoms with Crippen LogP contribution in [0.4, 0.5) is 11.4 Å². The number of nitrogen functional groups attached to an aromatic ring is 1. The predicted octanol–water partition coefficient (Wildman–Crippen LogP) is 4.94. The van der Waals surface area contributed by atoms with Crippen LogP contribution in [-0.4, -0.2) is 26.0 Å². The Morgan fingerprint density at radius 1 is 1.00 bits per heavy atom. The molecule has 2 aromatic carbocycles. The maximum atomic E-state index is 12.2. The van der Waals surface area contributed by atoms with Crippen LogP contribution in [0, 0.1) is 0 Å². The van der Waals surface area contributed by atoms with Crippen LogP contribution in [0.5, 0.6) is 0 Å². The third-order valence-electron chi connectivity index (χ3n) is 5.90. The van der Waals surface area contributed by atoms with E-state index in [1.165, 1.54) is 38.5 Å². The second-order valence-electron chi connectivity index (χ2n) is 7.81. The fourth-order valence-electron chi connectivity index (χ4n) is 4.19. The van der Waals surface area contributed by atoms with Gasteiger partial charge in [-0.2, -0.15) is 0 Å². The summed E-state index contributed by atoms with van der Waals surface area (Å²) in [6.07, 6.45) is 7.78. The lowest BCUT2D eigenvalue weighted by Crippen LogP contribution is -2.26. The molecule has 3 rings (SSSR count). The van der Waals surface area contributed by atoms with Crippen molar-refractivity contribution in [3.05, 3.63) is 59.2 Å². The number of benzene rings is 2. The van der Waals surface area contributed by atoms with Crippen LogP contribution in [0.25, 0.3) is 0 Å². The number of nitrogens with zero attached hydrogens (tertiary/aromatic N) is 1. The molecule has 4 nitrogen and oxygen atoms in total. The summed E-state index contributed by atoms with van der Waals surface area (Å²) in [4.78, 5) is 14.7. The summed E-state index contributed by atoms with van der Waals surface area (Å²) >= 11 is 0. The number of hydrogen-bond acceptors (Lipinski definition) is 3. The van der Waals surface area contributed by atoms with Crippen LogP contribution in [0.3, 0.4) is 0 Å². The number of hydrogen-bond donors (Lipinski definition) is 2. The molecule has 0 aliphatic carbocycles. The zero-order chi connectivity index (χ0) is 19.9. The Kier molecular flexibility index (Phi) is 6.96. The molecule has 0 aromatic heterocycles. The van der Waals surface area contributed by atoms with Crippen molar-refractivity contribution in [2.75, 3.05) is 30.8 Å². The molecule has 2 aromatic rings. The van der Waals surface area contributed by atoms with Gasteiger partial charge in [-0.15, -0.1) is 0 Å². The topological polar surface area (TPSA) is 58.4 Å². The Morgan fingerprint density at radius 3 is 2.29 bits per heavy atom. The van der Waals surface area contributed by atoms with Gasteiger partial charge in [-0.3, -0.25) is 4.79 Å². The highest BCUT2D eigenvalue weighted by Gasteiger charge is 2.18. The standard InChI is InChI=1S/C24H33N3O/c1-18(20-11-7-8-12-21(20)24(28)26-2)19-13-14-23(22(25)17-19)27-15-9-5-3-4-6-10-16-27/h7-8,11-14,17-18H,3-6,9-10,15-16,25H2,1-2H3,(H,26,28). The Labute approximate surface area is 169 Å². The number of carbonyl (C=O) groups is 1. The van der Waals surface area contributed by atoms with Crippen molar-refractivity contribution in [1.82, 2.24) is 5.32 Å². The third kappa shape index (κ3) is 4.67. The molecule has 1 amide bonds. The minimum absolute atomic E-state index is 0.0521. The number of carbonyl (C=O) groups excluding carboxylic acids is 1. The molecule has 1 unspecified atom stereocenters. The second kappa shape index (κ2) is 9.63. The van der Waals surface area contributed by atoms with Crippen LogP contribution in [0.1, 0.15) is 72.9 Å². The number of rotatable bonds is 4. The molecule has 28 heavy (non-hydrogen) atoms. The third-order valence-corrected chi connectivity index (χ3v) is 5.90. The molecule has 1 atom stereocenters. The largest absolute Gasteiger partial charge is 0.397 e. The van der Waals surface area contributed by atoms with E-state index in [4.69, 9.17) is 5.73 Å². The van der Waals surface area contributed by atoms with Gasteiger partial charge in [0.1, 0.15) is 0 Å². The summed E-state index contributed by atoms with van der Waals surface area (Å²) in [5, 5.41) is 2.74. The van der Waals surface area contributed by atoms with Crippen molar-refractivity contribution in [2.24, 2.45) is 0 Å². The summed E-state index contributed by atoms with van der Waals surface area (Å²) in [5.41, 5.74) is 11.4. The molecular formula is C24H33N3O. The number of nitrogens with two attached hydrogens (primary N) is 1. The summed E-state index contributed by atoms with van der Waals surface area (Å²) in [7, 11) is 1.67. The zero-order valence-corrected chi connectivity index (χ0v) is 17.2. The maximum Gasteiger partial charge on any atom is 0.251 e. The lowest BCUT2D eigenvalue weighted by Gasteiger charge is -2.27. The van der Waals surface area contributed by atoms with E-state index >= 15 is 0 Å². The van der Waals surface area contributed by atoms with E-state index in [-0.39, 0.29) is 11.8 Å². The highest BCUT2D eigenvalue weighted by atomic mass is 16.1. The number of anilines is 2. The van der Waals surface area contributed by atoms with Crippen LogP contribution in [0.2, 0.25) is 0 Å². The smallest absolute Gasteiger partial charge is 0.251 e. The van der Waals surface area contributed by atoms with E-state index in [0.29, 0.717) is 0 Å². The van der Waals surface area contributed by atoms with E-state index in [0.717, 1.165) is 41.2 Å². The average molecular weight is 380 g/mol. The Bertz CT molecular complexity index is 792. The summed E-state index contributed by atoms with van der Waals surface area (Å²) in [6, 6.07) is 14.2. The van der Waals surface area contributed by atoms with Gasteiger partial charge in [0, 0.05) is 31.6 Å². The van der Waals surface area contributed by atoms with Crippen molar-refractivity contribution >= 4 is 17.3 Å². The Morgan fingerprint density at radius 2 is 1.64 bits per heavy atom. The van der Waals surface area contributed by atoms with Crippen LogP contribution in [-0.2, 0) is 0 Å². The Hall–Kier alpha value is -2.49. The van der Waals surface area contributed by atoms with E-state index in [1.807, 2.05) is 24.3 Å². The van der Waals surface area contributed by atoms with Gasteiger partial charge in [0.15, 0.2) is 0 Å². The molecule has 1 aliphatic heterocycles. The molecule has 1 heterocycles. The number of nitrogens with one attached hydrogen (secondary N) is 1. The number of amides is 1. The lowest BCUT2D eigenvalue weighted by atomic mass is 9.89. The van der Waals surface area contributed by atoms with Crippen molar-refractivity contribution in [2.45, 2.75) is 51.4 Å². The first-order valence-electron chi connectivity index (χ1n) is 10.6. The van der Waals surface area contributed by atoms with Crippen LogP contribution < -0.4 is 16.0 Å². The molecule has 1 fully saturated rings. The minimum Gasteiger partial charge on any atom is -0.397 e. The van der Waals surface area contributed by atoms with Gasteiger partial charge in [0.25, 0.3) is 5.91 Å². The first-order chi connectivity index (χ1) is 13.6. The van der Waals surface area contributed by atoms with Crippen LogP contribution >= 0.6 is 0 Å². The van der Waals surface area contributed by atoms with Gasteiger partial charge >= 0.3 is 0 Å². The van der Waals surface area contributed by atoms with Crippen molar-refractivity contribution in [3.63, 3.8) is 0 Å². The molecule has 4 heteroatoms. The zero-order valence-electron chi connectivity index (χ0n) is 17.2. The highest BCUT2D eigenvalue weighted by Crippen LogP contribution is 2.33. The van der Waals surface area contributed by atoms with Gasteiger partial charge in [-0.05, 0) is 42.2 Å². The van der Waals surface area contributed by atoms with Crippen molar-refractivity contribution < 1.29 is 4.79 Å². The van der Waals surface area contributed by atoms with Gasteiger partial charge in [0.05, 0.1) is 11.4 Å². The lowest BCUT2D eigenvalue weighted by molar-refractivity contribution is 0.0962. The molecule has 0 radical (unpaired) electrons. The first-order valence-corrected chi connectivity index (χ1v) is 10.6. The van der Waals surface area contributed by atoms with Crippen molar-refractivity contribution in [1.29, 1.82) is 0 Å². The minimum atomic E-state index is -0.0521. The van der Waals surface area contributed by atoms with Crippen molar-refractivity contribution in [3.8, 4) is 0 Å². The van der Waals surface area contributed by atoms with Gasteiger partial charge < -0.3 is 16.0 Å². The molecule has 1 aliphatic rings. The molecule has 0 bridgehead atoms. The molecule has 3 N–H and O–H groups in total. The summed E-state index contributed by atoms with van der Waals surface area (Å²) in [6.45, 7) is 4.30. The molecule has 150 valence electrons. The van der Waals surface area contributed by atoms with Gasteiger partial charge in [-0.25, -0.2) is 0 Å². The quantitative estimate of drug-likeness (QED) is 0.740. The van der Waals surface area contributed by atoms with Gasteiger partial charge in [0.2, 0.25) is 0 Å². The monoisotopic (exact) mass is 379 g/mol. The molecular weight excluding hydrogens is 346 g/mol. The second-order valence-corrected chi connectivity index (χ2v) is 7.81. The van der Waals surface area contributed by atoms with Gasteiger partial charge in [-0.1, -0.05) is 56.9 Å². The Balaban J connectivity index is 1.85.